The summed E-state index contributed by atoms with van der Waals surface area (Å²) in [5.41, 5.74) is -0.322. The number of hydrogen-bond donors (Lipinski definition) is 1. The summed E-state index contributed by atoms with van der Waals surface area (Å²) in [6.45, 7) is 3.69. The molecule has 2 aliphatic heterocycles. The molecule has 0 aromatic rings. The summed E-state index contributed by atoms with van der Waals surface area (Å²) in [4.78, 5) is 27.1. The highest BCUT2D eigenvalue weighted by molar-refractivity contribution is 7.99. The van der Waals surface area contributed by atoms with Gasteiger partial charge in [-0.3, -0.25) is 0 Å². The predicted octanol–water partition coefficient (Wildman–Crippen LogP) is 1.11. The van der Waals surface area contributed by atoms with E-state index < -0.39 is 12.0 Å². The molecule has 2 unspecified atom stereocenters. The number of carbonyl (C=O) groups is 2. The van der Waals surface area contributed by atoms with Crippen LogP contribution in [0.3, 0.4) is 0 Å². The topological polar surface area (TPSA) is 70.1 Å². The van der Waals surface area contributed by atoms with Gasteiger partial charge in [-0.15, -0.1) is 0 Å². The number of amides is 2. The summed E-state index contributed by atoms with van der Waals surface area (Å²) in [7, 11) is 1.66. The van der Waals surface area contributed by atoms with Crippen molar-refractivity contribution in [2.75, 3.05) is 38.2 Å². The Morgan fingerprint density at radius 3 is 2.80 bits per heavy atom. The number of urea groups is 1. The molecule has 2 saturated heterocycles. The summed E-state index contributed by atoms with van der Waals surface area (Å²) in [5.74, 6) is 0.346. The largest absolute Gasteiger partial charge is 0.480 e. The standard InChI is InChI=1S/C13H22N2O4S/c1-13(19-2)4-3-5-14(9-13)12(18)15-6-7-20-8-10(15)11(16)17/h10H,3-9H2,1-2H3,(H,16,17). The van der Waals surface area contributed by atoms with E-state index in [0.717, 1.165) is 18.6 Å². The van der Waals surface area contributed by atoms with Crippen LogP contribution in [0.25, 0.3) is 0 Å². The Balaban J connectivity index is 2.07. The van der Waals surface area contributed by atoms with E-state index in [1.807, 2.05) is 6.92 Å². The van der Waals surface area contributed by atoms with E-state index in [4.69, 9.17) is 4.74 Å². The monoisotopic (exact) mass is 302 g/mol. The molecule has 0 saturated carbocycles. The number of rotatable bonds is 2. The van der Waals surface area contributed by atoms with Gasteiger partial charge >= 0.3 is 12.0 Å². The molecule has 0 aromatic heterocycles. The molecule has 2 amide bonds. The first-order valence-electron chi connectivity index (χ1n) is 6.88. The first-order valence-corrected chi connectivity index (χ1v) is 8.03. The molecular weight excluding hydrogens is 280 g/mol. The second kappa shape index (κ2) is 6.22. The smallest absolute Gasteiger partial charge is 0.327 e. The molecule has 2 fully saturated rings. The fraction of sp³-hybridized carbons (Fsp3) is 0.846. The van der Waals surface area contributed by atoms with Gasteiger partial charge in [0.2, 0.25) is 0 Å². The number of hydrogen-bond acceptors (Lipinski definition) is 4. The van der Waals surface area contributed by atoms with Crippen LogP contribution < -0.4 is 0 Å². The van der Waals surface area contributed by atoms with Gasteiger partial charge in [-0.25, -0.2) is 9.59 Å². The molecule has 0 aliphatic carbocycles. The molecule has 1 N–H and O–H groups in total. The first kappa shape index (κ1) is 15.4. The third-order valence-electron chi connectivity index (χ3n) is 4.08. The van der Waals surface area contributed by atoms with E-state index in [1.54, 1.807) is 23.8 Å². The van der Waals surface area contributed by atoms with Gasteiger partial charge in [0.25, 0.3) is 0 Å². The number of likely N-dealkylation sites (tertiary alicyclic amines) is 1. The lowest BCUT2D eigenvalue weighted by molar-refractivity contribution is -0.141. The van der Waals surface area contributed by atoms with Crippen LogP contribution in [0.4, 0.5) is 4.79 Å². The molecule has 20 heavy (non-hydrogen) atoms. The van der Waals surface area contributed by atoms with Crippen LogP contribution in [0.1, 0.15) is 19.8 Å². The zero-order valence-electron chi connectivity index (χ0n) is 12.0. The zero-order chi connectivity index (χ0) is 14.8. The highest BCUT2D eigenvalue weighted by atomic mass is 32.2. The SMILES string of the molecule is COC1(C)CCCN(C(=O)N2CCSCC2C(=O)O)C1. The minimum absolute atomic E-state index is 0.166. The molecule has 0 bridgehead atoms. The Kier molecular flexibility index (Phi) is 4.80. The maximum atomic E-state index is 12.6. The summed E-state index contributed by atoms with van der Waals surface area (Å²) in [6, 6.07) is -0.877. The van der Waals surface area contributed by atoms with Crippen molar-refractivity contribution in [2.45, 2.75) is 31.4 Å². The van der Waals surface area contributed by atoms with Crippen molar-refractivity contribution >= 4 is 23.8 Å². The molecule has 0 radical (unpaired) electrons. The lowest BCUT2D eigenvalue weighted by atomic mass is 9.95. The van der Waals surface area contributed by atoms with Crippen LogP contribution in [-0.4, -0.2) is 76.8 Å². The Bertz CT molecular complexity index is 393. The zero-order valence-corrected chi connectivity index (χ0v) is 12.8. The van der Waals surface area contributed by atoms with Crippen LogP contribution in [0.2, 0.25) is 0 Å². The number of carboxylic acid groups (broad SMARTS) is 1. The van der Waals surface area contributed by atoms with E-state index in [9.17, 15) is 14.7 Å². The molecule has 2 rings (SSSR count). The lowest BCUT2D eigenvalue weighted by Crippen LogP contribution is -2.58. The molecule has 0 spiro atoms. The van der Waals surface area contributed by atoms with Crippen molar-refractivity contribution in [3.63, 3.8) is 0 Å². The third kappa shape index (κ3) is 3.20. The molecular formula is C13H22N2O4S. The van der Waals surface area contributed by atoms with Gasteiger partial charge in [0.1, 0.15) is 6.04 Å². The fourth-order valence-corrected chi connectivity index (χ4v) is 3.79. The van der Waals surface area contributed by atoms with Crippen LogP contribution in [0, 0.1) is 0 Å². The van der Waals surface area contributed by atoms with E-state index in [1.165, 1.54) is 4.90 Å². The minimum Gasteiger partial charge on any atom is -0.480 e. The molecule has 6 nitrogen and oxygen atoms in total. The van der Waals surface area contributed by atoms with Crippen LogP contribution in [0.5, 0.6) is 0 Å². The summed E-state index contributed by atoms with van der Waals surface area (Å²) in [6.07, 6.45) is 1.81. The molecule has 2 aliphatic rings. The van der Waals surface area contributed by atoms with E-state index in [2.05, 4.69) is 0 Å². The Labute approximate surface area is 123 Å². The van der Waals surface area contributed by atoms with E-state index >= 15 is 0 Å². The molecule has 7 heteroatoms. The van der Waals surface area contributed by atoms with Crippen LogP contribution >= 0.6 is 11.8 Å². The summed E-state index contributed by atoms with van der Waals surface area (Å²) < 4.78 is 5.49. The van der Waals surface area contributed by atoms with Crippen molar-refractivity contribution in [1.82, 2.24) is 9.80 Å². The summed E-state index contributed by atoms with van der Waals surface area (Å²) in [5, 5.41) is 9.25. The lowest BCUT2D eigenvalue weighted by Gasteiger charge is -2.43. The van der Waals surface area contributed by atoms with Crippen molar-refractivity contribution in [2.24, 2.45) is 0 Å². The van der Waals surface area contributed by atoms with Gasteiger partial charge in [-0.05, 0) is 19.8 Å². The minimum atomic E-state index is -0.919. The number of ether oxygens (including phenoxy) is 1. The van der Waals surface area contributed by atoms with Gasteiger partial charge in [0.15, 0.2) is 0 Å². The van der Waals surface area contributed by atoms with Gasteiger partial charge in [-0.1, -0.05) is 0 Å². The quantitative estimate of drug-likeness (QED) is 0.827. The number of piperidine rings is 1. The summed E-state index contributed by atoms with van der Waals surface area (Å²) >= 11 is 1.59. The van der Waals surface area contributed by atoms with Crippen molar-refractivity contribution in [3.05, 3.63) is 0 Å². The number of carboxylic acids is 1. The van der Waals surface area contributed by atoms with Gasteiger partial charge in [-0.2, -0.15) is 11.8 Å². The van der Waals surface area contributed by atoms with Gasteiger partial charge < -0.3 is 19.6 Å². The molecule has 2 atom stereocenters. The molecule has 114 valence electrons. The number of aliphatic carboxylic acids is 1. The first-order chi connectivity index (χ1) is 9.47. The second-order valence-corrected chi connectivity index (χ2v) is 6.73. The van der Waals surface area contributed by atoms with Crippen molar-refractivity contribution < 1.29 is 19.4 Å². The Morgan fingerprint density at radius 2 is 2.15 bits per heavy atom. The number of carbonyl (C=O) groups excluding carboxylic acids is 1. The van der Waals surface area contributed by atoms with E-state index in [-0.39, 0.29) is 11.6 Å². The average Bonchev–Trinajstić information content (AvgIpc) is 2.46. The Hall–Kier alpha value is -0.950. The van der Waals surface area contributed by atoms with Crippen LogP contribution in [0.15, 0.2) is 0 Å². The number of thioether (sulfide) groups is 1. The highest BCUT2D eigenvalue weighted by Gasteiger charge is 2.39. The fourth-order valence-electron chi connectivity index (χ4n) is 2.75. The second-order valence-electron chi connectivity index (χ2n) is 5.58. The Morgan fingerprint density at radius 1 is 1.40 bits per heavy atom. The van der Waals surface area contributed by atoms with Crippen molar-refractivity contribution in [1.29, 1.82) is 0 Å². The van der Waals surface area contributed by atoms with Gasteiger partial charge in [0, 0.05) is 31.7 Å². The maximum Gasteiger partial charge on any atom is 0.327 e. The predicted molar refractivity (Wildman–Crippen MR) is 77.1 cm³/mol. The van der Waals surface area contributed by atoms with Crippen molar-refractivity contribution in [3.8, 4) is 0 Å². The van der Waals surface area contributed by atoms with Gasteiger partial charge in [0.05, 0.1) is 12.1 Å². The normalized spacial score (nSPS) is 31.2. The average molecular weight is 302 g/mol. The highest BCUT2D eigenvalue weighted by Crippen LogP contribution is 2.26. The third-order valence-corrected chi connectivity index (χ3v) is 5.10. The molecule has 0 aromatic carbocycles. The number of methoxy groups -OCH3 is 1. The van der Waals surface area contributed by atoms with E-state index in [0.29, 0.717) is 25.4 Å². The number of nitrogens with zero attached hydrogens (tertiary/aromatic N) is 2. The molecule has 2 heterocycles. The maximum absolute atomic E-state index is 12.6. The van der Waals surface area contributed by atoms with Crippen LogP contribution in [-0.2, 0) is 9.53 Å².